The first kappa shape index (κ1) is 16.4. The van der Waals surface area contributed by atoms with Gasteiger partial charge in [-0.25, -0.2) is 4.98 Å². The summed E-state index contributed by atoms with van der Waals surface area (Å²) in [5.41, 5.74) is 2.87. The summed E-state index contributed by atoms with van der Waals surface area (Å²) >= 11 is 1.66. The fourth-order valence-corrected chi connectivity index (χ4v) is 5.06. The third-order valence-corrected chi connectivity index (χ3v) is 6.57. The molecule has 5 rings (SSSR count). The van der Waals surface area contributed by atoms with E-state index >= 15 is 0 Å². The van der Waals surface area contributed by atoms with Gasteiger partial charge in [0.2, 0.25) is 5.91 Å². The number of aromatic nitrogens is 2. The van der Waals surface area contributed by atoms with E-state index in [4.69, 9.17) is 0 Å². The second-order valence-corrected chi connectivity index (χ2v) is 8.03. The number of benzene rings is 1. The first-order valence-electron chi connectivity index (χ1n) is 9.23. The average Bonchev–Trinajstić information content (AvgIpc) is 3.33. The van der Waals surface area contributed by atoms with Crippen molar-refractivity contribution in [2.24, 2.45) is 0 Å². The highest BCUT2D eigenvalue weighted by Gasteiger charge is 2.51. The molecule has 6 heteroatoms. The molecule has 1 spiro atoms. The molecule has 1 amide bonds. The van der Waals surface area contributed by atoms with Crippen LogP contribution in [-0.2, 0) is 16.8 Å². The zero-order valence-corrected chi connectivity index (χ0v) is 15.7. The van der Waals surface area contributed by atoms with E-state index in [-0.39, 0.29) is 5.91 Å². The van der Waals surface area contributed by atoms with Crippen LogP contribution in [0, 0.1) is 0 Å². The predicted molar refractivity (Wildman–Crippen MR) is 107 cm³/mol. The number of carbonyl (C=O) groups is 1. The number of amides is 1. The predicted octanol–water partition coefficient (Wildman–Crippen LogP) is 3.62. The Labute approximate surface area is 162 Å². The van der Waals surface area contributed by atoms with Gasteiger partial charge in [0.25, 0.3) is 0 Å². The molecule has 0 saturated carbocycles. The van der Waals surface area contributed by atoms with Gasteiger partial charge in [0.15, 0.2) is 5.13 Å². The quantitative estimate of drug-likeness (QED) is 0.700. The van der Waals surface area contributed by atoms with E-state index in [1.165, 1.54) is 5.56 Å². The summed E-state index contributed by atoms with van der Waals surface area (Å²) < 4.78 is 0. The SMILES string of the molecule is O=C1N(Cc2cccnc2)c2ccccc2C12CCN(c1nccs1)CC2. The van der Waals surface area contributed by atoms with Crippen LogP contribution in [0.15, 0.2) is 60.4 Å². The number of rotatable bonds is 3. The van der Waals surface area contributed by atoms with Crippen LogP contribution in [0.3, 0.4) is 0 Å². The number of hydrogen-bond donors (Lipinski definition) is 0. The van der Waals surface area contributed by atoms with Gasteiger partial charge < -0.3 is 9.80 Å². The molecule has 0 bridgehead atoms. The maximum atomic E-state index is 13.6. The summed E-state index contributed by atoms with van der Waals surface area (Å²) in [6, 6.07) is 12.2. The van der Waals surface area contributed by atoms with Gasteiger partial charge in [0.1, 0.15) is 0 Å². The molecule has 2 aromatic heterocycles. The highest BCUT2D eigenvalue weighted by atomic mass is 32.1. The first-order valence-corrected chi connectivity index (χ1v) is 10.1. The maximum Gasteiger partial charge on any atom is 0.238 e. The van der Waals surface area contributed by atoms with Crippen molar-refractivity contribution in [3.8, 4) is 0 Å². The molecule has 136 valence electrons. The Morgan fingerprint density at radius 2 is 1.93 bits per heavy atom. The van der Waals surface area contributed by atoms with Crippen molar-refractivity contribution in [2.45, 2.75) is 24.8 Å². The number of para-hydroxylation sites is 1. The van der Waals surface area contributed by atoms with Gasteiger partial charge in [-0.3, -0.25) is 9.78 Å². The van der Waals surface area contributed by atoms with Crippen LogP contribution in [0.25, 0.3) is 0 Å². The standard InChI is InChI=1S/C21H20N4OS/c26-19-21(7-11-24(12-8-21)20-23-10-13-27-20)17-5-1-2-6-18(17)25(19)15-16-4-3-9-22-14-16/h1-6,9-10,13-14H,7-8,11-12,15H2. The highest BCUT2D eigenvalue weighted by molar-refractivity contribution is 7.13. The number of hydrogen-bond acceptors (Lipinski definition) is 5. The summed E-state index contributed by atoms with van der Waals surface area (Å²) in [4.78, 5) is 26.5. The molecule has 1 saturated heterocycles. The molecule has 0 radical (unpaired) electrons. The fourth-order valence-electron chi connectivity index (χ4n) is 4.36. The van der Waals surface area contributed by atoms with Gasteiger partial charge in [0.05, 0.1) is 12.0 Å². The smallest absolute Gasteiger partial charge is 0.238 e. The molecule has 5 nitrogen and oxygen atoms in total. The van der Waals surface area contributed by atoms with E-state index < -0.39 is 5.41 Å². The van der Waals surface area contributed by atoms with Crippen molar-refractivity contribution >= 4 is 28.1 Å². The van der Waals surface area contributed by atoms with E-state index in [0.717, 1.165) is 42.3 Å². The van der Waals surface area contributed by atoms with Gasteiger partial charge in [-0.2, -0.15) is 0 Å². The van der Waals surface area contributed by atoms with Crippen LogP contribution < -0.4 is 9.80 Å². The van der Waals surface area contributed by atoms with E-state index in [1.807, 2.05) is 40.9 Å². The molecule has 1 aromatic carbocycles. The van der Waals surface area contributed by atoms with Gasteiger partial charge in [0, 0.05) is 42.7 Å². The Balaban J connectivity index is 1.46. The first-order chi connectivity index (χ1) is 13.3. The van der Waals surface area contributed by atoms with E-state index in [2.05, 4.69) is 33.1 Å². The van der Waals surface area contributed by atoms with Gasteiger partial charge in [-0.05, 0) is 36.1 Å². The lowest BCUT2D eigenvalue weighted by Crippen LogP contribution is -2.48. The van der Waals surface area contributed by atoms with Crippen molar-refractivity contribution in [1.29, 1.82) is 0 Å². The normalized spacial score (nSPS) is 18.1. The molecule has 27 heavy (non-hydrogen) atoms. The third-order valence-electron chi connectivity index (χ3n) is 5.74. The number of fused-ring (bicyclic) bond motifs is 2. The molecule has 3 aromatic rings. The summed E-state index contributed by atoms with van der Waals surface area (Å²) in [7, 11) is 0. The molecule has 2 aliphatic rings. The topological polar surface area (TPSA) is 49.3 Å². The van der Waals surface area contributed by atoms with Crippen LogP contribution in [0.5, 0.6) is 0 Å². The zero-order valence-electron chi connectivity index (χ0n) is 14.9. The van der Waals surface area contributed by atoms with E-state index in [1.54, 1.807) is 17.5 Å². The van der Waals surface area contributed by atoms with Crippen LogP contribution in [0.1, 0.15) is 24.0 Å². The summed E-state index contributed by atoms with van der Waals surface area (Å²) in [5, 5.41) is 3.06. The molecule has 0 atom stereocenters. The average molecular weight is 376 g/mol. The number of carbonyl (C=O) groups excluding carboxylic acids is 1. The second-order valence-electron chi connectivity index (χ2n) is 7.15. The van der Waals surface area contributed by atoms with Gasteiger partial charge >= 0.3 is 0 Å². The Morgan fingerprint density at radius 3 is 2.67 bits per heavy atom. The Hall–Kier alpha value is -2.73. The number of piperidine rings is 1. The minimum absolute atomic E-state index is 0.228. The largest absolute Gasteiger partial charge is 0.348 e. The van der Waals surface area contributed by atoms with Crippen molar-refractivity contribution in [2.75, 3.05) is 22.9 Å². The highest BCUT2D eigenvalue weighted by Crippen LogP contribution is 2.48. The zero-order chi connectivity index (χ0) is 18.3. The molecular weight excluding hydrogens is 356 g/mol. The Kier molecular flexibility index (Phi) is 3.93. The molecule has 4 heterocycles. The maximum absolute atomic E-state index is 13.6. The van der Waals surface area contributed by atoms with Crippen LogP contribution in [0.4, 0.5) is 10.8 Å². The number of anilines is 2. The summed E-state index contributed by atoms with van der Waals surface area (Å²) in [6.45, 7) is 2.28. The molecular formula is C21H20N4OS. The third kappa shape index (κ3) is 2.63. The summed E-state index contributed by atoms with van der Waals surface area (Å²) in [5.74, 6) is 0.228. The monoisotopic (exact) mass is 376 g/mol. The lowest BCUT2D eigenvalue weighted by atomic mass is 9.74. The Morgan fingerprint density at radius 1 is 1.07 bits per heavy atom. The lowest BCUT2D eigenvalue weighted by Gasteiger charge is -2.38. The molecule has 0 unspecified atom stereocenters. The van der Waals surface area contributed by atoms with E-state index in [9.17, 15) is 4.79 Å². The molecule has 0 aliphatic carbocycles. The molecule has 0 N–H and O–H groups in total. The Bertz CT molecular complexity index is 949. The van der Waals surface area contributed by atoms with Crippen LogP contribution >= 0.6 is 11.3 Å². The number of pyridine rings is 1. The molecule has 1 fully saturated rings. The van der Waals surface area contributed by atoms with Crippen molar-refractivity contribution in [3.63, 3.8) is 0 Å². The molecule has 2 aliphatic heterocycles. The number of thiazole rings is 1. The van der Waals surface area contributed by atoms with Gasteiger partial charge in [-0.15, -0.1) is 11.3 Å². The number of nitrogens with zero attached hydrogens (tertiary/aromatic N) is 4. The van der Waals surface area contributed by atoms with Crippen LogP contribution in [0.2, 0.25) is 0 Å². The van der Waals surface area contributed by atoms with Crippen molar-refractivity contribution < 1.29 is 4.79 Å². The van der Waals surface area contributed by atoms with Crippen molar-refractivity contribution in [1.82, 2.24) is 9.97 Å². The van der Waals surface area contributed by atoms with Gasteiger partial charge in [-0.1, -0.05) is 24.3 Å². The summed E-state index contributed by atoms with van der Waals surface area (Å²) in [6.07, 6.45) is 7.10. The lowest BCUT2D eigenvalue weighted by molar-refractivity contribution is -0.124. The van der Waals surface area contributed by atoms with Crippen molar-refractivity contribution in [3.05, 3.63) is 71.5 Å². The minimum Gasteiger partial charge on any atom is -0.348 e. The second kappa shape index (κ2) is 6.46. The minimum atomic E-state index is -0.410. The van der Waals surface area contributed by atoms with E-state index in [0.29, 0.717) is 6.54 Å². The fraction of sp³-hybridized carbons (Fsp3) is 0.286. The van der Waals surface area contributed by atoms with Crippen LogP contribution in [-0.4, -0.2) is 29.0 Å².